The van der Waals surface area contributed by atoms with E-state index in [2.05, 4.69) is 6.07 Å². The van der Waals surface area contributed by atoms with Gasteiger partial charge in [-0.25, -0.2) is 0 Å². The van der Waals surface area contributed by atoms with Crippen molar-refractivity contribution in [3.05, 3.63) is 65.2 Å². The minimum absolute atomic E-state index is 0.0926. The second-order valence-corrected chi connectivity index (χ2v) is 5.95. The van der Waals surface area contributed by atoms with Gasteiger partial charge in [-0.05, 0) is 31.0 Å². The molecule has 0 N–H and O–H groups in total. The third-order valence-electron chi connectivity index (χ3n) is 4.24. The predicted octanol–water partition coefficient (Wildman–Crippen LogP) is 3.41. The highest BCUT2D eigenvalue weighted by molar-refractivity contribution is 6.14. The second kappa shape index (κ2) is 6.87. The van der Waals surface area contributed by atoms with Gasteiger partial charge in [0.25, 0.3) is 0 Å². The quantitative estimate of drug-likeness (QED) is 0.810. The Kier molecular flexibility index (Phi) is 4.65. The average molecular weight is 323 g/mol. The summed E-state index contributed by atoms with van der Waals surface area (Å²) in [6.45, 7) is 3.33. The van der Waals surface area contributed by atoms with Crippen molar-refractivity contribution in [3.63, 3.8) is 0 Å². The molecule has 0 bridgehead atoms. The van der Waals surface area contributed by atoms with E-state index < -0.39 is 0 Å². The summed E-state index contributed by atoms with van der Waals surface area (Å²) in [5.74, 6) is 0.531. The lowest BCUT2D eigenvalue weighted by Crippen LogP contribution is -2.33. The van der Waals surface area contributed by atoms with Crippen molar-refractivity contribution >= 4 is 11.7 Å². The molecular formula is C20H21NO3. The molecule has 0 amide bonds. The minimum Gasteiger partial charge on any atom is -0.497 e. The van der Waals surface area contributed by atoms with Crippen LogP contribution in [-0.4, -0.2) is 30.9 Å². The molecule has 0 saturated heterocycles. The molecule has 0 spiro atoms. The monoisotopic (exact) mass is 323 g/mol. The number of aliphatic imine (C=N–C) groups is 1. The molecule has 0 aliphatic carbocycles. The first-order valence-electron chi connectivity index (χ1n) is 8.06. The topological polar surface area (TPSA) is 47.9 Å². The standard InChI is InChI=1S/C20H21NO3/c1-13(24-14(2)22)19-11-16-9-10-17(23-3)12-18(16)20(21-19)15-7-5-4-6-8-15/h4-10,12-13,19H,11H2,1-3H3. The zero-order chi connectivity index (χ0) is 17.1. The number of carbonyl (C=O) groups is 1. The van der Waals surface area contributed by atoms with E-state index in [4.69, 9.17) is 14.5 Å². The van der Waals surface area contributed by atoms with Crippen LogP contribution in [-0.2, 0) is 16.0 Å². The van der Waals surface area contributed by atoms with Gasteiger partial charge in [0.2, 0.25) is 0 Å². The van der Waals surface area contributed by atoms with Crippen LogP contribution in [0.25, 0.3) is 0 Å². The molecule has 2 atom stereocenters. The SMILES string of the molecule is COc1ccc2c(c1)C(c1ccccc1)=NC(C(C)OC(C)=O)C2. The highest BCUT2D eigenvalue weighted by Gasteiger charge is 2.27. The van der Waals surface area contributed by atoms with Gasteiger partial charge in [0.15, 0.2) is 0 Å². The number of benzene rings is 2. The van der Waals surface area contributed by atoms with Gasteiger partial charge in [-0.1, -0.05) is 36.4 Å². The Morgan fingerprint density at radius 3 is 2.62 bits per heavy atom. The van der Waals surface area contributed by atoms with Gasteiger partial charge < -0.3 is 9.47 Å². The average Bonchev–Trinajstić information content (AvgIpc) is 2.60. The maximum absolute atomic E-state index is 11.3. The lowest BCUT2D eigenvalue weighted by atomic mass is 9.88. The molecule has 0 saturated carbocycles. The lowest BCUT2D eigenvalue weighted by molar-refractivity contribution is -0.146. The molecule has 4 nitrogen and oxygen atoms in total. The Balaban J connectivity index is 2.06. The van der Waals surface area contributed by atoms with E-state index in [9.17, 15) is 4.79 Å². The molecule has 2 unspecified atom stereocenters. The zero-order valence-electron chi connectivity index (χ0n) is 14.2. The summed E-state index contributed by atoms with van der Waals surface area (Å²) < 4.78 is 10.7. The van der Waals surface area contributed by atoms with Crippen molar-refractivity contribution in [1.82, 2.24) is 0 Å². The van der Waals surface area contributed by atoms with Gasteiger partial charge in [-0.3, -0.25) is 9.79 Å². The fourth-order valence-electron chi connectivity index (χ4n) is 3.02. The van der Waals surface area contributed by atoms with Crippen LogP contribution < -0.4 is 4.74 Å². The number of methoxy groups -OCH3 is 1. The summed E-state index contributed by atoms with van der Waals surface area (Å²) in [6, 6.07) is 16.0. The molecule has 0 fully saturated rings. The van der Waals surface area contributed by atoms with Crippen LogP contribution in [0.2, 0.25) is 0 Å². The van der Waals surface area contributed by atoms with E-state index in [1.807, 2.05) is 49.4 Å². The predicted molar refractivity (Wildman–Crippen MR) is 93.8 cm³/mol. The molecule has 0 radical (unpaired) electrons. The highest BCUT2D eigenvalue weighted by Crippen LogP contribution is 2.28. The van der Waals surface area contributed by atoms with Gasteiger partial charge in [-0.15, -0.1) is 0 Å². The number of rotatable bonds is 4. The molecule has 2 aromatic rings. The Hall–Kier alpha value is -2.62. The Morgan fingerprint density at radius 1 is 1.21 bits per heavy atom. The molecule has 124 valence electrons. The van der Waals surface area contributed by atoms with Crippen molar-refractivity contribution in [2.24, 2.45) is 4.99 Å². The Morgan fingerprint density at radius 2 is 1.96 bits per heavy atom. The van der Waals surface area contributed by atoms with Crippen molar-refractivity contribution in [2.45, 2.75) is 32.4 Å². The summed E-state index contributed by atoms with van der Waals surface area (Å²) in [6.07, 6.45) is 0.473. The van der Waals surface area contributed by atoms with Crippen LogP contribution in [0.1, 0.15) is 30.5 Å². The summed E-state index contributed by atoms with van der Waals surface area (Å²) >= 11 is 0. The number of ether oxygens (including phenoxy) is 2. The minimum atomic E-state index is -0.278. The first-order chi connectivity index (χ1) is 11.6. The van der Waals surface area contributed by atoms with E-state index in [0.29, 0.717) is 0 Å². The maximum atomic E-state index is 11.3. The molecule has 1 aliphatic heterocycles. The number of esters is 1. The molecular weight excluding hydrogens is 302 g/mol. The van der Waals surface area contributed by atoms with Crippen LogP contribution in [0, 0.1) is 0 Å². The first-order valence-corrected chi connectivity index (χ1v) is 8.06. The van der Waals surface area contributed by atoms with Gasteiger partial charge >= 0.3 is 5.97 Å². The van der Waals surface area contributed by atoms with E-state index in [-0.39, 0.29) is 18.1 Å². The molecule has 4 heteroatoms. The number of hydrogen-bond acceptors (Lipinski definition) is 4. The van der Waals surface area contributed by atoms with Gasteiger partial charge in [0.05, 0.1) is 18.9 Å². The normalized spacial score (nSPS) is 17.5. The zero-order valence-corrected chi connectivity index (χ0v) is 14.2. The number of carbonyl (C=O) groups excluding carboxylic acids is 1. The molecule has 0 aromatic heterocycles. The van der Waals surface area contributed by atoms with Crippen molar-refractivity contribution in [2.75, 3.05) is 7.11 Å². The van der Waals surface area contributed by atoms with Gasteiger partial charge in [-0.2, -0.15) is 0 Å². The van der Waals surface area contributed by atoms with Crippen molar-refractivity contribution in [1.29, 1.82) is 0 Å². The van der Waals surface area contributed by atoms with Crippen LogP contribution in [0.5, 0.6) is 5.75 Å². The third-order valence-corrected chi connectivity index (χ3v) is 4.24. The van der Waals surface area contributed by atoms with E-state index in [1.54, 1.807) is 7.11 Å². The van der Waals surface area contributed by atoms with Crippen molar-refractivity contribution < 1.29 is 14.3 Å². The van der Waals surface area contributed by atoms with Crippen LogP contribution in [0.15, 0.2) is 53.5 Å². The van der Waals surface area contributed by atoms with Crippen LogP contribution in [0.3, 0.4) is 0 Å². The molecule has 2 aromatic carbocycles. The van der Waals surface area contributed by atoms with Gasteiger partial charge in [0, 0.05) is 18.1 Å². The van der Waals surface area contributed by atoms with Crippen molar-refractivity contribution in [3.8, 4) is 5.75 Å². The van der Waals surface area contributed by atoms with Gasteiger partial charge in [0.1, 0.15) is 11.9 Å². The first kappa shape index (κ1) is 16.2. The largest absolute Gasteiger partial charge is 0.497 e. The lowest BCUT2D eigenvalue weighted by Gasteiger charge is -2.27. The summed E-state index contributed by atoms with van der Waals surface area (Å²) in [5, 5.41) is 0. The smallest absolute Gasteiger partial charge is 0.302 e. The summed E-state index contributed by atoms with van der Waals surface area (Å²) in [4.78, 5) is 16.2. The fraction of sp³-hybridized carbons (Fsp3) is 0.300. The van der Waals surface area contributed by atoms with Crippen LogP contribution >= 0.6 is 0 Å². The number of nitrogens with zero attached hydrogens (tertiary/aromatic N) is 1. The third kappa shape index (κ3) is 3.32. The molecule has 3 rings (SSSR count). The Labute approximate surface area is 142 Å². The molecule has 1 heterocycles. The summed E-state index contributed by atoms with van der Waals surface area (Å²) in [5.41, 5.74) is 4.23. The van der Waals surface area contributed by atoms with E-state index >= 15 is 0 Å². The fourth-order valence-corrected chi connectivity index (χ4v) is 3.02. The molecule has 1 aliphatic rings. The van der Waals surface area contributed by atoms with E-state index in [1.165, 1.54) is 12.5 Å². The highest BCUT2D eigenvalue weighted by atomic mass is 16.5. The Bertz CT molecular complexity index is 768. The number of fused-ring (bicyclic) bond motifs is 1. The molecule has 24 heavy (non-hydrogen) atoms. The number of hydrogen-bond donors (Lipinski definition) is 0. The second-order valence-electron chi connectivity index (χ2n) is 5.95. The summed E-state index contributed by atoms with van der Waals surface area (Å²) in [7, 11) is 1.66. The van der Waals surface area contributed by atoms with E-state index in [0.717, 1.165) is 29.0 Å². The van der Waals surface area contributed by atoms with Crippen LogP contribution in [0.4, 0.5) is 0 Å². The maximum Gasteiger partial charge on any atom is 0.302 e.